The second-order valence-electron chi connectivity index (χ2n) is 8.47. The fourth-order valence-electron chi connectivity index (χ4n) is 4.72. The molecule has 1 amide bonds. The Kier molecular flexibility index (Phi) is 5.89. The molecule has 3 aromatic rings. The Hall–Kier alpha value is -3.38. The molecule has 1 aliphatic rings. The van der Waals surface area contributed by atoms with Crippen LogP contribution in [0, 0.1) is 11.3 Å². The number of hydroxylamine groups is 1. The Labute approximate surface area is 186 Å². The van der Waals surface area contributed by atoms with Crippen LogP contribution in [0.3, 0.4) is 0 Å². The maximum atomic E-state index is 12.7. The molecule has 4 rings (SSSR count). The van der Waals surface area contributed by atoms with Gasteiger partial charge in [-0.2, -0.15) is 0 Å². The first kappa shape index (κ1) is 21.8. The summed E-state index contributed by atoms with van der Waals surface area (Å²) < 4.78 is 5.24. The van der Waals surface area contributed by atoms with E-state index in [-0.39, 0.29) is 18.3 Å². The van der Waals surface area contributed by atoms with Crippen molar-refractivity contribution in [2.24, 2.45) is 11.3 Å². The molecule has 166 valence electrons. The van der Waals surface area contributed by atoms with Crippen molar-refractivity contribution in [2.75, 3.05) is 6.61 Å². The van der Waals surface area contributed by atoms with Crippen LogP contribution in [-0.2, 0) is 20.7 Å². The molecule has 0 heterocycles. The lowest BCUT2D eigenvalue weighted by atomic mass is 9.86. The zero-order chi connectivity index (χ0) is 22.9. The first-order chi connectivity index (χ1) is 15.4. The van der Waals surface area contributed by atoms with Crippen LogP contribution in [0.5, 0.6) is 5.75 Å². The van der Waals surface area contributed by atoms with Crippen molar-refractivity contribution in [1.29, 1.82) is 0 Å². The molecule has 1 aliphatic carbocycles. The van der Waals surface area contributed by atoms with Crippen LogP contribution in [0.2, 0.25) is 0 Å². The van der Waals surface area contributed by atoms with Gasteiger partial charge in [-0.15, -0.1) is 0 Å². The predicted molar refractivity (Wildman–Crippen MR) is 120 cm³/mol. The summed E-state index contributed by atoms with van der Waals surface area (Å²) in [6.07, 6.45) is 0.604. The van der Waals surface area contributed by atoms with Crippen molar-refractivity contribution in [3.63, 3.8) is 0 Å². The van der Waals surface area contributed by atoms with Gasteiger partial charge in [-0.1, -0.05) is 61.5 Å². The van der Waals surface area contributed by atoms with Crippen molar-refractivity contribution in [1.82, 2.24) is 5.48 Å². The molecular weight excluding hydrogens is 406 g/mol. The molecule has 1 fully saturated rings. The summed E-state index contributed by atoms with van der Waals surface area (Å²) in [5, 5.41) is 21.9. The number of phenols is 1. The van der Waals surface area contributed by atoms with Gasteiger partial charge in [0.15, 0.2) is 0 Å². The molecule has 0 aromatic heterocycles. The number of phenolic OH excluding ortho intramolecular Hbond substituents is 1. The van der Waals surface area contributed by atoms with Crippen LogP contribution >= 0.6 is 0 Å². The zero-order valence-corrected chi connectivity index (χ0v) is 18.2. The first-order valence-electron chi connectivity index (χ1n) is 10.8. The molecule has 6 nitrogen and oxygen atoms in total. The number of aromatic hydroxyl groups is 1. The number of ether oxygens (including phenoxy) is 1. The van der Waals surface area contributed by atoms with Crippen LogP contribution in [0.25, 0.3) is 10.8 Å². The van der Waals surface area contributed by atoms with Gasteiger partial charge in [-0.25, -0.2) is 5.48 Å². The molecule has 32 heavy (non-hydrogen) atoms. The van der Waals surface area contributed by atoms with Gasteiger partial charge < -0.3 is 9.84 Å². The van der Waals surface area contributed by atoms with Gasteiger partial charge in [0.2, 0.25) is 5.91 Å². The van der Waals surface area contributed by atoms with E-state index >= 15 is 0 Å². The lowest BCUT2D eigenvalue weighted by Crippen LogP contribution is -2.30. The van der Waals surface area contributed by atoms with E-state index in [9.17, 15) is 14.7 Å². The third kappa shape index (κ3) is 3.82. The van der Waals surface area contributed by atoms with Gasteiger partial charge in [0, 0.05) is 11.5 Å². The normalized spacial score (nSPS) is 20.5. The van der Waals surface area contributed by atoms with Crippen LogP contribution in [0.1, 0.15) is 42.9 Å². The Morgan fingerprint density at radius 3 is 2.62 bits per heavy atom. The molecule has 6 heteroatoms. The number of nitrogens with one attached hydrogen (secondary N) is 1. The fraction of sp³-hybridized carbons (Fsp3) is 0.308. The van der Waals surface area contributed by atoms with E-state index in [1.54, 1.807) is 24.5 Å². The maximum absolute atomic E-state index is 12.7. The number of fused-ring (bicyclic) bond motifs is 1. The summed E-state index contributed by atoms with van der Waals surface area (Å²) in [7, 11) is 0. The third-order valence-electron chi connectivity index (χ3n) is 6.55. The molecule has 0 spiro atoms. The van der Waals surface area contributed by atoms with E-state index in [0.717, 1.165) is 27.5 Å². The molecule has 3 atom stereocenters. The molecule has 3 N–H and O–H groups in total. The summed E-state index contributed by atoms with van der Waals surface area (Å²) in [4.78, 5) is 24.7. The Morgan fingerprint density at radius 1 is 1.12 bits per heavy atom. The summed E-state index contributed by atoms with van der Waals surface area (Å²) in [5.41, 5.74) is 3.33. The number of benzene rings is 3. The summed E-state index contributed by atoms with van der Waals surface area (Å²) in [6.45, 7) is 3.98. The van der Waals surface area contributed by atoms with Crippen LogP contribution in [0.4, 0.5) is 0 Å². The van der Waals surface area contributed by atoms with Gasteiger partial charge in [0.05, 0.1) is 17.9 Å². The van der Waals surface area contributed by atoms with Crippen molar-refractivity contribution in [3.05, 3.63) is 77.4 Å². The SMILES string of the molecule is CCOC(=O)C1(Cc2ccc(O)c(C(C)c3cccc4ccccc34)c2)CC1C(=O)NO. The molecule has 0 aliphatic heterocycles. The molecule has 3 aromatic carbocycles. The van der Waals surface area contributed by atoms with Gasteiger partial charge in [-0.05, 0) is 47.7 Å². The summed E-state index contributed by atoms with van der Waals surface area (Å²) >= 11 is 0. The Bertz CT molecular complexity index is 1170. The Balaban J connectivity index is 1.68. The highest BCUT2D eigenvalue weighted by molar-refractivity contribution is 5.93. The van der Waals surface area contributed by atoms with E-state index in [1.165, 1.54) is 0 Å². The quantitative estimate of drug-likeness (QED) is 0.293. The van der Waals surface area contributed by atoms with Gasteiger partial charge in [0.1, 0.15) is 5.75 Å². The zero-order valence-electron chi connectivity index (χ0n) is 18.2. The van der Waals surface area contributed by atoms with E-state index in [0.29, 0.717) is 12.8 Å². The highest BCUT2D eigenvalue weighted by Crippen LogP contribution is 2.56. The van der Waals surface area contributed by atoms with E-state index in [1.807, 2.05) is 31.2 Å². The number of hydrogen-bond donors (Lipinski definition) is 3. The minimum Gasteiger partial charge on any atom is -0.508 e. The smallest absolute Gasteiger partial charge is 0.313 e. The van der Waals surface area contributed by atoms with E-state index < -0.39 is 23.2 Å². The minimum atomic E-state index is -1.00. The largest absolute Gasteiger partial charge is 0.508 e. The lowest BCUT2D eigenvalue weighted by molar-refractivity contribution is -0.152. The van der Waals surface area contributed by atoms with Crippen molar-refractivity contribution in [2.45, 2.75) is 32.6 Å². The maximum Gasteiger partial charge on any atom is 0.313 e. The summed E-state index contributed by atoms with van der Waals surface area (Å²) in [5.74, 6) is -1.57. The van der Waals surface area contributed by atoms with Gasteiger partial charge >= 0.3 is 5.97 Å². The van der Waals surface area contributed by atoms with Crippen molar-refractivity contribution >= 4 is 22.6 Å². The minimum absolute atomic E-state index is 0.0877. The fourth-order valence-corrected chi connectivity index (χ4v) is 4.72. The number of carbonyl (C=O) groups is 2. The molecule has 1 saturated carbocycles. The van der Waals surface area contributed by atoms with Crippen LogP contribution < -0.4 is 5.48 Å². The van der Waals surface area contributed by atoms with Crippen molar-refractivity contribution < 1.29 is 24.6 Å². The second-order valence-corrected chi connectivity index (χ2v) is 8.47. The lowest BCUT2D eigenvalue weighted by Gasteiger charge is -2.20. The monoisotopic (exact) mass is 433 g/mol. The van der Waals surface area contributed by atoms with Crippen LogP contribution in [0.15, 0.2) is 60.7 Å². The van der Waals surface area contributed by atoms with E-state index in [4.69, 9.17) is 9.94 Å². The predicted octanol–water partition coefficient (Wildman–Crippen LogP) is 4.31. The molecule has 0 radical (unpaired) electrons. The topological polar surface area (TPSA) is 95.9 Å². The van der Waals surface area contributed by atoms with Crippen molar-refractivity contribution in [3.8, 4) is 5.75 Å². The number of amides is 1. The Morgan fingerprint density at radius 2 is 1.88 bits per heavy atom. The highest BCUT2D eigenvalue weighted by Gasteiger charge is 2.64. The third-order valence-corrected chi connectivity index (χ3v) is 6.55. The second kappa shape index (κ2) is 8.63. The van der Waals surface area contributed by atoms with Crippen LogP contribution in [-0.4, -0.2) is 28.8 Å². The average molecular weight is 434 g/mol. The molecule has 0 bridgehead atoms. The molecule has 0 saturated heterocycles. The first-order valence-corrected chi connectivity index (χ1v) is 10.8. The highest BCUT2D eigenvalue weighted by atomic mass is 16.5. The molecule has 3 unspecified atom stereocenters. The number of esters is 1. The number of carbonyl (C=O) groups excluding carboxylic acids is 2. The summed E-state index contributed by atoms with van der Waals surface area (Å²) in [6, 6.07) is 19.5. The molecular formula is C26H27NO5. The average Bonchev–Trinajstić information content (AvgIpc) is 3.54. The number of rotatable bonds is 7. The van der Waals surface area contributed by atoms with Gasteiger partial charge in [0.25, 0.3) is 0 Å². The van der Waals surface area contributed by atoms with E-state index in [2.05, 4.69) is 24.3 Å². The standard InChI is InChI=1S/C26H27NO5/c1-3-32-25(30)26(15-22(26)24(29)27-31)14-17-11-12-23(28)21(13-17)16(2)19-10-6-8-18-7-4-5-9-20(18)19/h4-13,16,22,28,31H,3,14-15H2,1-2H3,(H,27,29). The van der Waals surface area contributed by atoms with Gasteiger partial charge in [-0.3, -0.25) is 14.8 Å². The number of hydrogen-bond acceptors (Lipinski definition) is 5.